The maximum absolute atomic E-state index is 9.30. The van der Waals surface area contributed by atoms with Gasteiger partial charge in [-0.1, -0.05) is 12.5 Å². The summed E-state index contributed by atoms with van der Waals surface area (Å²) in [4.78, 5) is 0. The van der Waals surface area contributed by atoms with E-state index in [0.29, 0.717) is 25.2 Å². The first-order chi connectivity index (χ1) is 9.36. The molecule has 0 amide bonds. The lowest BCUT2D eigenvalue weighted by Gasteiger charge is -2.17. The standard InChI is InChI=1S/C15H21NO3/c17-9-13-3-1-2-12(13)8-16-7-11-4-5-14-15(6-11)19-10-18-14/h4-6,12-13,16-17H,1-3,7-10H2. The van der Waals surface area contributed by atoms with Crippen LogP contribution >= 0.6 is 0 Å². The summed E-state index contributed by atoms with van der Waals surface area (Å²) in [6, 6.07) is 6.07. The van der Waals surface area contributed by atoms with Crippen LogP contribution in [-0.4, -0.2) is 25.1 Å². The molecule has 0 radical (unpaired) electrons. The van der Waals surface area contributed by atoms with Crippen molar-refractivity contribution in [1.82, 2.24) is 5.32 Å². The smallest absolute Gasteiger partial charge is 0.231 e. The Morgan fingerprint density at radius 2 is 2.00 bits per heavy atom. The van der Waals surface area contributed by atoms with E-state index in [2.05, 4.69) is 11.4 Å². The molecule has 1 aliphatic carbocycles. The number of hydrogen-bond donors (Lipinski definition) is 2. The van der Waals surface area contributed by atoms with Crippen LogP contribution in [0.15, 0.2) is 18.2 Å². The topological polar surface area (TPSA) is 50.7 Å². The second-order valence-electron chi connectivity index (χ2n) is 5.45. The summed E-state index contributed by atoms with van der Waals surface area (Å²) in [6.07, 6.45) is 3.66. The number of rotatable bonds is 5. The summed E-state index contributed by atoms with van der Waals surface area (Å²) >= 11 is 0. The Labute approximate surface area is 113 Å². The fraction of sp³-hybridized carbons (Fsp3) is 0.600. The van der Waals surface area contributed by atoms with Crippen molar-refractivity contribution in [3.8, 4) is 11.5 Å². The van der Waals surface area contributed by atoms with Gasteiger partial charge in [0.2, 0.25) is 6.79 Å². The Balaban J connectivity index is 1.50. The zero-order chi connectivity index (χ0) is 13.1. The molecule has 4 heteroatoms. The van der Waals surface area contributed by atoms with Crippen LogP contribution in [0, 0.1) is 11.8 Å². The molecule has 3 rings (SSSR count). The number of fused-ring (bicyclic) bond motifs is 1. The minimum atomic E-state index is 0.326. The van der Waals surface area contributed by atoms with Gasteiger partial charge in [0.15, 0.2) is 11.5 Å². The van der Waals surface area contributed by atoms with Crippen LogP contribution in [0.1, 0.15) is 24.8 Å². The second kappa shape index (κ2) is 5.80. The van der Waals surface area contributed by atoms with E-state index in [-0.39, 0.29) is 0 Å². The number of aliphatic hydroxyl groups is 1. The lowest BCUT2D eigenvalue weighted by molar-refractivity contribution is 0.174. The molecule has 1 aromatic rings. The zero-order valence-electron chi connectivity index (χ0n) is 11.1. The summed E-state index contributed by atoms with van der Waals surface area (Å²) in [5.74, 6) is 2.79. The van der Waals surface area contributed by atoms with Crippen molar-refractivity contribution in [1.29, 1.82) is 0 Å². The van der Waals surface area contributed by atoms with Gasteiger partial charge in [0.1, 0.15) is 0 Å². The minimum Gasteiger partial charge on any atom is -0.454 e. The molecule has 19 heavy (non-hydrogen) atoms. The van der Waals surface area contributed by atoms with Gasteiger partial charge in [0, 0.05) is 13.2 Å². The molecule has 1 aromatic carbocycles. The van der Waals surface area contributed by atoms with Crippen LogP contribution in [0.2, 0.25) is 0 Å². The van der Waals surface area contributed by atoms with Gasteiger partial charge in [-0.25, -0.2) is 0 Å². The molecule has 2 N–H and O–H groups in total. The summed E-state index contributed by atoms with van der Waals surface area (Å²) in [5.41, 5.74) is 1.21. The van der Waals surface area contributed by atoms with E-state index in [0.717, 1.165) is 24.6 Å². The Morgan fingerprint density at radius 1 is 1.16 bits per heavy atom. The fourth-order valence-corrected chi connectivity index (χ4v) is 3.08. The molecule has 0 bridgehead atoms. The maximum atomic E-state index is 9.30. The van der Waals surface area contributed by atoms with Crippen LogP contribution in [-0.2, 0) is 6.54 Å². The Bertz CT molecular complexity index is 435. The molecule has 0 aromatic heterocycles. The van der Waals surface area contributed by atoms with E-state index in [1.165, 1.54) is 24.8 Å². The number of ether oxygens (including phenoxy) is 2. The van der Waals surface area contributed by atoms with E-state index in [9.17, 15) is 5.11 Å². The second-order valence-corrected chi connectivity index (χ2v) is 5.45. The van der Waals surface area contributed by atoms with Crippen LogP contribution in [0.4, 0.5) is 0 Å². The van der Waals surface area contributed by atoms with Crippen molar-refractivity contribution in [3.05, 3.63) is 23.8 Å². The van der Waals surface area contributed by atoms with Crippen molar-refractivity contribution in [2.75, 3.05) is 19.9 Å². The van der Waals surface area contributed by atoms with E-state index in [1.807, 2.05) is 12.1 Å². The van der Waals surface area contributed by atoms with Gasteiger partial charge in [-0.15, -0.1) is 0 Å². The Morgan fingerprint density at radius 3 is 2.89 bits per heavy atom. The molecule has 2 unspecified atom stereocenters. The first-order valence-electron chi connectivity index (χ1n) is 7.07. The monoisotopic (exact) mass is 263 g/mol. The van der Waals surface area contributed by atoms with Crippen molar-refractivity contribution in [2.24, 2.45) is 11.8 Å². The fourth-order valence-electron chi connectivity index (χ4n) is 3.08. The highest BCUT2D eigenvalue weighted by Crippen LogP contribution is 2.33. The predicted octanol–water partition coefficient (Wildman–Crippen LogP) is 1.91. The summed E-state index contributed by atoms with van der Waals surface area (Å²) < 4.78 is 10.7. The average Bonchev–Trinajstić information content (AvgIpc) is 3.06. The van der Waals surface area contributed by atoms with Gasteiger partial charge in [-0.3, -0.25) is 0 Å². The van der Waals surface area contributed by atoms with E-state index in [4.69, 9.17) is 9.47 Å². The van der Waals surface area contributed by atoms with E-state index < -0.39 is 0 Å². The molecule has 0 spiro atoms. The highest BCUT2D eigenvalue weighted by atomic mass is 16.7. The number of benzene rings is 1. The number of nitrogens with one attached hydrogen (secondary N) is 1. The van der Waals surface area contributed by atoms with Crippen molar-refractivity contribution < 1.29 is 14.6 Å². The third-order valence-corrected chi connectivity index (χ3v) is 4.22. The molecule has 4 nitrogen and oxygen atoms in total. The van der Waals surface area contributed by atoms with Crippen LogP contribution < -0.4 is 14.8 Å². The zero-order valence-corrected chi connectivity index (χ0v) is 11.1. The van der Waals surface area contributed by atoms with Gasteiger partial charge in [0.05, 0.1) is 0 Å². The third kappa shape index (κ3) is 2.85. The summed E-state index contributed by atoms with van der Waals surface area (Å²) in [6.45, 7) is 2.48. The third-order valence-electron chi connectivity index (χ3n) is 4.22. The Hall–Kier alpha value is -1.26. The van der Waals surface area contributed by atoms with Crippen molar-refractivity contribution in [3.63, 3.8) is 0 Å². The molecule has 2 aliphatic rings. The highest BCUT2D eigenvalue weighted by Gasteiger charge is 2.25. The average molecular weight is 263 g/mol. The number of aliphatic hydroxyl groups excluding tert-OH is 1. The molecule has 1 saturated carbocycles. The molecule has 1 heterocycles. The molecular formula is C15H21NO3. The first kappa shape index (κ1) is 12.8. The van der Waals surface area contributed by atoms with Crippen LogP contribution in [0.3, 0.4) is 0 Å². The normalized spacial score (nSPS) is 24.9. The first-order valence-corrected chi connectivity index (χ1v) is 7.07. The maximum Gasteiger partial charge on any atom is 0.231 e. The lowest BCUT2D eigenvalue weighted by Crippen LogP contribution is -2.26. The van der Waals surface area contributed by atoms with E-state index >= 15 is 0 Å². The largest absolute Gasteiger partial charge is 0.454 e. The van der Waals surface area contributed by atoms with Gasteiger partial charge >= 0.3 is 0 Å². The van der Waals surface area contributed by atoms with Crippen LogP contribution in [0.5, 0.6) is 11.5 Å². The molecule has 0 saturated heterocycles. The van der Waals surface area contributed by atoms with Crippen molar-refractivity contribution in [2.45, 2.75) is 25.8 Å². The lowest BCUT2D eigenvalue weighted by atomic mass is 9.97. The molecule has 2 atom stereocenters. The van der Waals surface area contributed by atoms with Gasteiger partial charge in [-0.2, -0.15) is 0 Å². The van der Waals surface area contributed by atoms with Gasteiger partial charge in [-0.05, 0) is 48.9 Å². The Kier molecular flexibility index (Phi) is 3.89. The molecule has 1 fully saturated rings. The van der Waals surface area contributed by atoms with Gasteiger partial charge in [0.25, 0.3) is 0 Å². The van der Waals surface area contributed by atoms with Gasteiger partial charge < -0.3 is 19.9 Å². The summed E-state index contributed by atoms with van der Waals surface area (Å²) in [7, 11) is 0. The minimum absolute atomic E-state index is 0.326. The number of hydrogen-bond acceptors (Lipinski definition) is 4. The summed E-state index contributed by atoms with van der Waals surface area (Å²) in [5, 5.41) is 12.8. The highest BCUT2D eigenvalue weighted by molar-refractivity contribution is 5.44. The quantitative estimate of drug-likeness (QED) is 0.852. The molecule has 1 aliphatic heterocycles. The SMILES string of the molecule is OCC1CCCC1CNCc1ccc2c(c1)OCO2. The molecule has 104 valence electrons. The van der Waals surface area contributed by atoms with Crippen molar-refractivity contribution >= 4 is 0 Å². The van der Waals surface area contributed by atoms with Crippen LogP contribution in [0.25, 0.3) is 0 Å². The molecular weight excluding hydrogens is 242 g/mol. The van der Waals surface area contributed by atoms with E-state index in [1.54, 1.807) is 0 Å². The predicted molar refractivity (Wildman–Crippen MR) is 72.2 cm³/mol.